The SMILES string of the molecule is CCc1c(C)cnc(CN2C[C@@H](CC(=O)OC)c3c(Cl)nc(N)nc32)c1C. The first-order valence-electron chi connectivity index (χ1n) is 8.94. The van der Waals surface area contributed by atoms with Crippen LogP contribution in [-0.2, 0) is 22.5 Å². The highest BCUT2D eigenvalue weighted by Gasteiger charge is 2.35. The molecule has 0 spiro atoms. The van der Waals surface area contributed by atoms with Gasteiger partial charge in [0.1, 0.15) is 11.0 Å². The van der Waals surface area contributed by atoms with E-state index < -0.39 is 0 Å². The number of carbonyl (C=O) groups excluding carboxylic acids is 1. The van der Waals surface area contributed by atoms with E-state index in [0.29, 0.717) is 18.9 Å². The predicted molar refractivity (Wildman–Crippen MR) is 105 cm³/mol. The molecule has 8 heteroatoms. The first-order chi connectivity index (χ1) is 12.8. The average molecular weight is 390 g/mol. The van der Waals surface area contributed by atoms with Gasteiger partial charge in [0.15, 0.2) is 0 Å². The fourth-order valence-corrected chi connectivity index (χ4v) is 4.10. The van der Waals surface area contributed by atoms with Crippen LogP contribution in [0.5, 0.6) is 0 Å². The van der Waals surface area contributed by atoms with Gasteiger partial charge in [-0.1, -0.05) is 18.5 Å². The van der Waals surface area contributed by atoms with Crippen LogP contribution in [0.25, 0.3) is 0 Å². The zero-order chi connectivity index (χ0) is 19.7. The number of anilines is 2. The number of aryl methyl sites for hydroxylation is 1. The Balaban J connectivity index is 1.97. The summed E-state index contributed by atoms with van der Waals surface area (Å²) in [4.78, 5) is 27.0. The number of hydrogen-bond acceptors (Lipinski definition) is 7. The Morgan fingerprint density at radius 3 is 2.81 bits per heavy atom. The van der Waals surface area contributed by atoms with Crippen molar-refractivity contribution in [1.29, 1.82) is 0 Å². The largest absolute Gasteiger partial charge is 0.469 e. The molecule has 0 saturated carbocycles. The minimum Gasteiger partial charge on any atom is -0.469 e. The van der Waals surface area contributed by atoms with Gasteiger partial charge in [-0.05, 0) is 37.0 Å². The van der Waals surface area contributed by atoms with Crippen molar-refractivity contribution in [3.05, 3.63) is 39.3 Å². The van der Waals surface area contributed by atoms with Gasteiger partial charge in [0, 0.05) is 24.2 Å². The number of fused-ring (bicyclic) bond motifs is 1. The lowest BCUT2D eigenvalue weighted by atomic mass is 10.0. The standard InChI is InChI=1S/C19H24ClN5O2/c1-5-13-10(2)7-22-14(11(13)3)9-25-8-12(6-15(26)27-4)16-17(20)23-19(21)24-18(16)25/h7,12H,5-6,8-9H2,1-4H3,(H2,21,23,24)/t12-/m1/s1. The second-order valence-electron chi connectivity index (χ2n) is 6.81. The second-order valence-corrected chi connectivity index (χ2v) is 7.17. The summed E-state index contributed by atoms with van der Waals surface area (Å²) in [5.74, 6) is 0.349. The molecule has 3 heterocycles. The number of hydrogen-bond donors (Lipinski definition) is 1. The molecule has 0 amide bonds. The number of aromatic nitrogens is 3. The summed E-state index contributed by atoms with van der Waals surface area (Å²) >= 11 is 6.34. The fourth-order valence-electron chi connectivity index (χ4n) is 3.78. The Kier molecular flexibility index (Phi) is 5.51. The first kappa shape index (κ1) is 19.4. The Morgan fingerprint density at radius 2 is 2.15 bits per heavy atom. The molecule has 7 nitrogen and oxygen atoms in total. The van der Waals surface area contributed by atoms with Crippen LogP contribution in [0.2, 0.25) is 5.15 Å². The van der Waals surface area contributed by atoms with Crippen molar-refractivity contribution < 1.29 is 9.53 Å². The number of nitrogen functional groups attached to an aromatic ring is 1. The molecule has 2 aromatic rings. The topological polar surface area (TPSA) is 94.2 Å². The van der Waals surface area contributed by atoms with Gasteiger partial charge in [-0.15, -0.1) is 0 Å². The summed E-state index contributed by atoms with van der Waals surface area (Å²) < 4.78 is 4.83. The summed E-state index contributed by atoms with van der Waals surface area (Å²) in [6.45, 7) is 7.46. The fraction of sp³-hybridized carbons (Fsp3) is 0.474. The zero-order valence-corrected chi connectivity index (χ0v) is 16.8. The summed E-state index contributed by atoms with van der Waals surface area (Å²) in [6, 6.07) is 0. The van der Waals surface area contributed by atoms with Crippen molar-refractivity contribution in [2.45, 2.75) is 46.1 Å². The smallest absolute Gasteiger partial charge is 0.306 e. The van der Waals surface area contributed by atoms with Gasteiger partial charge in [0.25, 0.3) is 0 Å². The molecule has 1 aliphatic heterocycles. The molecule has 1 atom stereocenters. The van der Waals surface area contributed by atoms with Crippen LogP contribution in [0.3, 0.4) is 0 Å². The van der Waals surface area contributed by atoms with Crippen LogP contribution in [0.1, 0.15) is 47.2 Å². The van der Waals surface area contributed by atoms with E-state index in [1.54, 1.807) is 0 Å². The maximum Gasteiger partial charge on any atom is 0.306 e. The van der Waals surface area contributed by atoms with E-state index in [1.165, 1.54) is 23.8 Å². The normalized spacial score (nSPS) is 15.7. The van der Waals surface area contributed by atoms with Crippen LogP contribution >= 0.6 is 11.6 Å². The van der Waals surface area contributed by atoms with E-state index in [1.807, 2.05) is 6.20 Å². The van der Waals surface area contributed by atoms with Gasteiger partial charge in [-0.3, -0.25) is 9.78 Å². The van der Waals surface area contributed by atoms with Crippen molar-refractivity contribution >= 4 is 29.3 Å². The van der Waals surface area contributed by atoms with Gasteiger partial charge < -0.3 is 15.4 Å². The number of halogens is 1. The Morgan fingerprint density at radius 1 is 1.41 bits per heavy atom. The van der Waals surface area contributed by atoms with Crippen molar-refractivity contribution in [1.82, 2.24) is 15.0 Å². The van der Waals surface area contributed by atoms with Crippen LogP contribution in [0, 0.1) is 13.8 Å². The molecule has 0 aliphatic carbocycles. The molecule has 1 aliphatic rings. The molecule has 0 aromatic carbocycles. The Hall–Kier alpha value is -2.41. The summed E-state index contributed by atoms with van der Waals surface area (Å²) in [7, 11) is 1.38. The molecule has 0 bridgehead atoms. The van der Waals surface area contributed by atoms with Gasteiger partial charge in [0.2, 0.25) is 5.95 Å². The van der Waals surface area contributed by atoms with Gasteiger partial charge >= 0.3 is 5.97 Å². The minimum absolute atomic E-state index is 0.116. The summed E-state index contributed by atoms with van der Waals surface area (Å²) in [6.07, 6.45) is 3.08. The molecule has 0 unspecified atom stereocenters. The van der Waals surface area contributed by atoms with E-state index >= 15 is 0 Å². The third-order valence-corrected chi connectivity index (χ3v) is 5.44. The number of pyridine rings is 1. The molecule has 2 N–H and O–H groups in total. The van der Waals surface area contributed by atoms with Crippen LogP contribution in [0.15, 0.2) is 6.20 Å². The number of esters is 1. The second kappa shape index (κ2) is 7.68. The number of ether oxygens (including phenoxy) is 1. The lowest BCUT2D eigenvalue weighted by molar-refractivity contribution is -0.141. The lowest BCUT2D eigenvalue weighted by Crippen LogP contribution is -2.24. The molecule has 27 heavy (non-hydrogen) atoms. The van der Waals surface area contributed by atoms with Crippen LogP contribution < -0.4 is 10.6 Å². The predicted octanol–water partition coefficient (Wildman–Crippen LogP) is 2.95. The average Bonchev–Trinajstić information content (AvgIpc) is 2.95. The third-order valence-electron chi connectivity index (χ3n) is 5.16. The first-order valence-corrected chi connectivity index (χ1v) is 9.32. The Bertz CT molecular complexity index is 887. The molecule has 0 fully saturated rings. The van der Waals surface area contributed by atoms with Crippen molar-refractivity contribution in [3.8, 4) is 0 Å². The van der Waals surface area contributed by atoms with Gasteiger partial charge in [0.05, 0.1) is 25.8 Å². The van der Waals surface area contributed by atoms with Gasteiger partial charge in [-0.25, -0.2) is 4.98 Å². The van der Waals surface area contributed by atoms with Crippen molar-refractivity contribution in [2.24, 2.45) is 0 Å². The Labute approximate surface area is 163 Å². The summed E-state index contributed by atoms with van der Waals surface area (Å²) in [5.41, 5.74) is 11.2. The number of rotatable bonds is 5. The molecular weight excluding hydrogens is 366 g/mol. The minimum atomic E-state index is -0.293. The van der Waals surface area contributed by atoms with E-state index in [-0.39, 0.29) is 29.4 Å². The van der Waals surface area contributed by atoms with Crippen LogP contribution in [0.4, 0.5) is 11.8 Å². The molecular formula is C19H24ClN5O2. The molecule has 144 valence electrons. The van der Waals surface area contributed by atoms with Crippen molar-refractivity contribution in [2.75, 3.05) is 24.3 Å². The van der Waals surface area contributed by atoms with Gasteiger partial charge in [-0.2, -0.15) is 4.98 Å². The highest BCUT2D eigenvalue weighted by molar-refractivity contribution is 6.30. The maximum absolute atomic E-state index is 11.8. The molecule has 0 radical (unpaired) electrons. The van der Waals surface area contributed by atoms with E-state index in [4.69, 9.17) is 22.1 Å². The number of carbonyl (C=O) groups is 1. The van der Waals surface area contributed by atoms with E-state index in [0.717, 1.165) is 17.7 Å². The quantitative estimate of drug-likeness (QED) is 0.620. The van der Waals surface area contributed by atoms with E-state index in [9.17, 15) is 4.79 Å². The maximum atomic E-state index is 11.8. The molecule has 2 aromatic heterocycles. The van der Waals surface area contributed by atoms with E-state index in [2.05, 4.69) is 40.6 Å². The number of methoxy groups -OCH3 is 1. The monoisotopic (exact) mass is 389 g/mol. The molecule has 3 rings (SSSR count). The van der Waals surface area contributed by atoms with Crippen LogP contribution in [-0.4, -0.2) is 34.6 Å². The number of nitrogens with zero attached hydrogens (tertiary/aromatic N) is 4. The van der Waals surface area contributed by atoms with Crippen molar-refractivity contribution in [3.63, 3.8) is 0 Å². The molecule has 0 saturated heterocycles. The zero-order valence-electron chi connectivity index (χ0n) is 16.0. The number of nitrogens with two attached hydrogens (primary N) is 1. The highest BCUT2D eigenvalue weighted by Crippen LogP contribution is 2.41. The lowest BCUT2D eigenvalue weighted by Gasteiger charge is -2.21. The third kappa shape index (κ3) is 3.69. The summed E-state index contributed by atoms with van der Waals surface area (Å²) in [5, 5.41) is 0.289. The highest BCUT2D eigenvalue weighted by atomic mass is 35.5.